The van der Waals surface area contributed by atoms with Crippen molar-refractivity contribution >= 4 is 28.2 Å². The lowest BCUT2D eigenvalue weighted by Crippen LogP contribution is -2.48. The Morgan fingerprint density at radius 2 is 1.69 bits per heavy atom. The number of nitrogens with one attached hydrogen (secondary N) is 2. The monoisotopic (exact) mass is 432 g/mol. The van der Waals surface area contributed by atoms with Crippen LogP contribution in [0.2, 0.25) is 0 Å². The largest absolute Gasteiger partial charge is 0.381 e. The number of hydrogen-bond donors (Lipinski definition) is 2. The zero-order chi connectivity index (χ0) is 22.9. The van der Waals surface area contributed by atoms with E-state index in [-0.39, 0.29) is 16.9 Å². The Balaban J connectivity index is 1.43. The second-order valence-corrected chi connectivity index (χ2v) is 9.57. The molecular weight excluding hydrogens is 400 g/mol. The SMILES string of the molecule is CC(=O)N1CCN(c2ccc(NCc3cc4cc(C(C)(C)C)ccc4[nH]c3=O)cc2)CC1. The molecule has 4 rings (SSSR count). The molecule has 2 N–H and O–H groups in total. The van der Waals surface area contributed by atoms with Crippen molar-refractivity contribution in [3.05, 3.63) is 70.0 Å². The lowest BCUT2D eigenvalue weighted by Gasteiger charge is -2.35. The molecule has 0 radical (unpaired) electrons. The zero-order valence-electron chi connectivity index (χ0n) is 19.4. The van der Waals surface area contributed by atoms with Gasteiger partial charge in [-0.25, -0.2) is 0 Å². The summed E-state index contributed by atoms with van der Waals surface area (Å²) in [5, 5.41) is 4.42. The predicted molar refractivity (Wildman–Crippen MR) is 132 cm³/mol. The summed E-state index contributed by atoms with van der Waals surface area (Å²) in [5.74, 6) is 0.141. The number of amides is 1. The number of benzene rings is 2. The number of nitrogens with zero attached hydrogens (tertiary/aromatic N) is 2. The molecule has 2 aromatic carbocycles. The van der Waals surface area contributed by atoms with Crippen molar-refractivity contribution in [1.82, 2.24) is 9.88 Å². The fourth-order valence-corrected chi connectivity index (χ4v) is 4.12. The molecule has 0 saturated carbocycles. The third kappa shape index (κ3) is 4.79. The number of H-pyrrole nitrogens is 1. The highest BCUT2D eigenvalue weighted by Crippen LogP contribution is 2.25. The molecule has 32 heavy (non-hydrogen) atoms. The number of piperazine rings is 1. The van der Waals surface area contributed by atoms with E-state index in [0.29, 0.717) is 12.1 Å². The number of fused-ring (bicyclic) bond motifs is 1. The van der Waals surface area contributed by atoms with Crippen molar-refractivity contribution < 1.29 is 4.79 Å². The second-order valence-electron chi connectivity index (χ2n) is 9.57. The number of rotatable bonds is 4. The highest BCUT2D eigenvalue weighted by Gasteiger charge is 2.18. The van der Waals surface area contributed by atoms with Crippen LogP contribution in [0.5, 0.6) is 0 Å². The van der Waals surface area contributed by atoms with Gasteiger partial charge in [-0.2, -0.15) is 0 Å². The molecule has 0 unspecified atom stereocenters. The number of aromatic amines is 1. The van der Waals surface area contributed by atoms with Crippen LogP contribution in [0.25, 0.3) is 10.9 Å². The zero-order valence-corrected chi connectivity index (χ0v) is 19.4. The van der Waals surface area contributed by atoms with Gasteiger partial charge in [-0.1, -0.05) is 26.8 Å². The van der Waals surface area contributed by atoms with E-state index in [0.717, 1.165) is 48.5 Å². The summed E-state index contributed by atoms with van der Waals surface area (Å²) in [4.78, 5) is 31.2. The first-order chi connectivity index (χ1) is 15.2. The van der Waals surface area contributed by atoms with Crippen LogP contribution >= 0.6 is 0 Å². The molecule has 0 atom stereocenters. The van der Waals surface area contributed by atoms with Crippen molar-refractivity contribution in [2.75, 3.05) is 36.4 Å². The Morgan fingerprint density at radius 1 is 1.00 bits per heavy atom. The van der Waals surface area contributed by atoms with Crippen molar-refractivity contribution in [1.29, 1.82) is 0 Å². The maximum absolute atomic E-state index is 12.5. The Morgan fingerprint density at radius 3 is 2.31 bits per heavy atom. The van der Waals surface area contributed by atoms with E-state index in [4.69, 9.17) is 0 Å². The van der Waals surface area contributed by atoms with Gasteiger partial charge in [-0.05, 0) is 58.8 Å². The minimum atomic E-state index is -0.0616. The summed E-state index contributed by atoms with van der Waals surface area (Å²) >= 11 is 0. The molecule has 0 aliphatic carbocycles. The van der Waals surface area contributed by atoms with Gasteiger partial charge in [0.15, 0.2) is 0 Å². The maximum atomic E-state index is 12.5. The normalized spacial score (nSPS) is 14.6. The molecule has 2 heterocycles. The van der Waals surface area contributed by atoms with E-state index >= 15 is 0 Å². The highest BCUT2D eigenvalue weighted by molar-refractivity contribution is 5.80. The smallest absolute Gasteiger partial charge is 0.253 e. The van der Waals surface area contributed by atoms with Gasteiger partial charge in [0.1, 0.15) is 0 Å². The van der Waals surface area contributed by atoms with Gasteiger partial charge in [0.05, 0.1) is 0 Å². The molecule has 6 nitrogen and oxygen atoms in total. The molecule has 168 valence electrons. The summed E-state index contributed by atoms with van der Waals surface area (Å²) in [6.45, 7) is 11.9. The Hall–Kier alpha value is -3.28. The third-order valence-electron chi connectivity index (χ3n) is 6.23. The third-order valence-corrected chi connectivity index (χ3v) is 6.23. The van der Waals surface area contributed by atoms with Gasteiger partial charge in [0.2, 0.25) is 5.91 Å². The van der Waals surface area contributed by atoms with Crippen molar-refractivity contribution in [3.63, 3.8) is 0 Å². The van der Waals surface area contributed by atoms with Crippen LogP contribution in [0.1, 0.15) is 38.8 Å². The number of carbonyl (C=O) groups excluding carboxylic acids is 1. The predicted octanol–water partition coefficient (Wildman–Crippen LogP) is 4.11. The van der Waals surface area contributed by atoms with Crippen LogP contribution in [0.15, 0.2) is 53.3 Å². The number of hydrogen-bond acceptors (Lipinski definition) is 4. The van der Waals surface area contributed by atoms with E-state index in [2.05, 4.69) is 60.2 Å². The van der Waals surface area contributed by atoms with Crippen LogP contribution in [-0.4, -0.2) is 42.0 Å². The lowest BCUT2D eigenvalue weighted by molar-refractivity contribution is -0.129. The lowest BCUT2D eigenvalue weighted by atomic mass is 9.86. The highest BCUT2D eigenvalue weighted by atomic mass is 16.2. The molecule has 0 bridgehead atoms. The summed E-state index contributed by atoms with van der Waals surface area (Å²) in [7, 11) is 0. The minimum Gasteiger partial charge on any atom is -0.381 e. The van der Waals surface area contributed by atoms with Gasteiger partial charge in [0.25, 0.3) is 5.56 Å². The Bertz CT molecular complexity index is 1170. The van der Waals surface area contributed by atoms with Crippen LogP contribution < -0.4 is 15.8 Å². The fraction of sp³-hybridized carbons (Fsp3) is 0.385. The van der Waals surface area contributed by atoms with Gasteiger partial charge < -0.3 is 20.1 Å². The minimum absolute atomic E-state index is 0.0587. The molecule has 6 heteroatoms. The van der Waals surface area contributed by atoms with Crippen LogP contribution in [0.3, 0.4) is 0 Å². The maximum Gasteiger partial charge on any atom is 0.253 e. The van der Waals surface area contributed by atoms with Gasteiger partial charge in [0, 0.05) is 62.1 Å². The van der Waals surface area contributed by atoms with Gasteiger partial charge in [-0.3, -0.25) is 9.59 Å². The van der Waals surface area contributed by atoms with Crippen LogP contribution in [0.4, 0.5) is 11.4 Å². The Labute approximate surface area is 189 Å². The van der Waals surface area contributed by atoms with Gasteiger partial charge >= 0.3 is 0 Å². The number of aromatic nitrogens is 1. The van der Waals surface area contributed by atoms with E-state index in [1.165, 1.54) is 5.56 Å². The molecule has 1 fully saturated rings. The van der Waals surface area contributed by atoms with Crippen molar-refractivity contribution in [2.45, 2.75) is 39.7 Å². The molecule has 1 aliphatic heterocycles. The number of anilines is 2. The molecule has 3 aromatic rings. The average Bonchev–Trinajstić information content (AvgIpc) is 2.77. The molecular formula is C26H32N4O2. The quantitative estimate of drug-likeness (QED) is 0.651. The topological polar surface area (TPSA) is 68.4 Å². The van der Waals surface area contributed by atoms with Crippen molar-refractivity contribution in [2.24, 2.45) is 0 Å². The second kappa shape index (κ2) is 8.69. The Kier molecular flexibility index (Phi) is 5.96. The van der Waals surface area contributed by atoms with E-state index in [1.54, 1.807) is 6.92 Å². The molecule has 0 spiro atoms. The number of pyridine rings is 1. The first-order valence-corrected chi connectivity index (χ1v) is 11.2. The van der Waals surface area contributed by atoms with Gasteiger partial charge in [-0.15, -0.1) is 0 Å². The first kappa shape index (κ1) is 21.9. The fourth-order valence-electron chi connectivity index (χ4n) is 4.12. The molecule has 1 saturated heterocycles. The summed E-state index contributed by atoms with van der Waals surface area (Å²) < 4.78 is 0. The standard InChI is InChI=1S/C26H32N4O2/c1-18(31)29-11-13-30(14-12-29)23-8-6-22(7-9-23)27-17-20-15-19-16-21(26(2,3)4)5-10-24(19)28-25(20)32/h5-10,15-16,27H,11-14,17H2,1-4H3,(H,28,32). The van der Waals surface area contributed by atoms with E-state index < -0.39 is 0 Å². The summed E-state index contributed by atoms with van der Waals surface area (Å²) in [6.07, 6.45) is 0. The van der Waals surface area contributed by atoms with E-state index in [9.17, 15) is 9.59 Å². The molecule has 1 aliphatic rings. The van der Waals surface area contributed by atoms with Crippen LogP contribution in [0, 0.1) is 0 Å². The number of carbonyl (C=O) groups is 1. The average molecular weight is 433 g/mol. The van der Waals surface area contributed by atoms with E-state index in [1.807, 2.05) is 29.2 Å². The summed E-state index contributed by atoms with van der Waals surface area (Å²) in [6, 6.07) is 16.5. The molecule has 1 amide bonds. The van der Waals surface area contributed by atoms with Crippen molar-refractivity contribution in [3.8, 4) is 0 Å². The summed E-state index contributed by atoms with van der Waals surface area (Å²) in [5.41, 5.74) is 4.94. The van der Waals surface area contributed by atoms with Crippen LogP contribution in [-0.2, 0) is 16.8 Å². The first-order valence-electron chi connectivity index (χ1n) is 11.2. The molecule has 1 aromatic heterocycles.